The van der Waals surface area contributed by atoms with Crippen LogP contribution in [0.5, 0.6) is 0 Å². The number of furan rings is 1. The normalized spacial score (nSPS) is 13.0. The summed E-state index contributed by atoms with van der Waals surface area (Å²) in [7, 11) is 1.79. The monoisotopic (exact) mass is 480 g/mol. The van der Waals surface area contributed by atoms with Crippen LogP contribution in [0, 0.1) is 5.92 Å². The van der Waals surface area contributed by atoms with E-state index in [0.29, 0.717) is 12.5 Å². The van der Waals surface area contributed by atoms with Gasteiger partial charge in [-0.3, -0.25) is 9.89 Å². The molecular formula is C19H37IN4O2. The molecule has 152 valence electrons. The number of likely N-dealkylation sites (N-methyl/N-ethyl adjacent to an activating group) is 1. The van der Waals surface area contributed by atoms with Gasteiger partial charge in [-0.2, -0.15) is 0 Å². The van der Waals surface area contributed by atoms with E-state index in [0.717, 1.165) is 50.9 Å². The van der Waals surface area contributed by atoms with Gasteiger partial charge in [0.1, 0.15) is 5.76 Å². The maximum absolute atomic E-state index is 5.63. The molecule has 0 bridgehead atoms. The Balaban J connectivity index is 0.00000625. The van der Waals surface area contributed by atoms with Gasteiger partial charge in [0.2, 0.25) is 0 Å². The van der Waals surface area contributed by atoms with Crippen LogP contribution in [0.4, 0.5) is 0 Å². The molecule has 0 fully saturated rings. The predicted molar refractivity (Wildman–Crippen MR) is 119 cm³/mol. The van der Waals surface area contributed by atoms with E-state index in [2.05, 4.69) is 48.2 Å². The third-order valence-electron chi connectivity index (χ3n) is 4.19. The molecule has 0 aliphatic carbocycles. The first-order valence-electron chi connectivity index (χ1n) is 9.42. The molecule has 1 atom stereocenters. The molecular weight excluding hydrogens is 443 g/mol. The Morgan fingerprint density at radius 3 is 2.50 bits per heavy atom. The molecule has 2 N–H and O–H groups in total. The third kappa shape index (κ3) is 9.78. The molecule has 0 radical (unpaired) electrons. The van der Waals surface area contributed by atoms with E-state index in [1.165, 1.54) is 0 Å². The highest BCUT2D eigenvalue weighted by molar-refractivity contribution is 14.0. The highest BCUT2D eigenvalue weighted by Gasteiger charge is 2.20. The van der Waals surface area contributed by atoms with Crippen LogP contribution in [-0.4, -0.2) is 57.3 Å². The Morgan fingerprint density at radius 1 is 1.23 bits per heavy atom. The number of rotatable bonds is 12. The Morgan fingerprint density at radius 2 is 1.96 bits per heavy atom. The van der Waals surface area contributed by atoms with Gasteiger partial charge in [-0.1, -0.05) is 27.7 Å². The number of nitrogens with one attached hydrogen (secondary N) is 2. The van der Waals surface area contributed by atoms with Gasteiger partial charge in [-0.25, -0.2) is 0 Å². The summed E-state index contributed by atoms with van der Waals surface area (Å²) in [6.45, 7) is 13.7. The van der Waals surface area contributed by atoms with Crippen molar-refractivity contribution in [1.82, 2.24) is 15.5 Å². The standard InChI is InChI=1S/C19H36N4O2.HI/c1-6-23(7-2)17(18-9-8-12-25-18)15-22-19(20-5)21-11-14-24-13-10-16(3)4;/h8-9,12,16-17H,6-7,10-11,13-15H2,1-5H3,(H2,20,21,22);1H. The van der Waals surface area contributed by atoms with E-state index >= 15 is 0 Å². The minimum atomic E-state index is 0. The maximum atomic E-state index is 5.63. The van der Waals surface area contributed by atoms with E-state index in [4.69, 9.17) is 9.15 Å². The van der Waals surface area contributed by atoms with Gasteiger partial charge in [0.25, 0.3) is 0 Å². The molecule has 0 aliphatic rings. The lowest BCUT2D eigenvalue weighted by Crippen LogP contribution is -2.44. The van der Waals surface area contributed by atoms with Crippen molar-refractivity contribution >= 4 is 29.9 Å². The number of nitrogens with zero attached hydrogens (tertiary/aromatic N) is 2. The third-order valence-corrected chi connectivity index (χ3v) is 4.19. The van der Waals surface area contributed by atoms with Crippen LogP contribution in [0.2, 0.25) is 0 Å². The van der Waals surface area contributed by atoms with Crippen molar-refractivity contribution in [1.29, 1.82) is 0 Å². The second kappa shape index (κ2) is 15.3. The number of ether oxygens (including phenoxy) is 1. The second-order valence-electron chi connectivity index (χ2n) is 6.43. The van der Waals surface area contributed by atoms with Crippen LogP contribution in [0.25, 0.3) is 0 Å². The van der Waals surface area contributed by atoms with Crippen LogP contribution in [-0.2, 0) is 4.74 Å². The van der Waals surface area contributed by atoms with Crippen LogP contribution in [0.15, 0.2) is 27.8 Å². The molecule has 0 spiro atoms. The van der Waals surface area contributed by atoms with Gasteiger partial charge in [0.05, 0.1) is 18.9 Å². The minimum Gasteiger partial charge on any atom is -0.468 e. The predicted octanol–water partition coefficient (Wildman–Crippen LogP) is 3.51. The lowest BCUT2D eigenvalue weighted by Gasteiger charge is -2.28. The lowest BCUT2D eigenvalue weighted by atomic mass is 10.1. The molecule has 26 heavy (non-hydrogen) atoms. The van der Waals surface area contributed by atoms with Crippen molar-refractivity contribution in [3.05, 3.63) is 24.2 Å². The van der Waals surface area contributed by atoms with Gasteiger partial charge in [0.15, 0.2) is 5.96 Å². The fraction of sp³-hybridized carbons (Fsp3) is 0.737. The van der Waals surface area contributed by atoms with Crippen molar-refractivity contribution in [2.24, 2.45) is 10.9 Å². The molecule has 1 aromatic heterocycles. The van der Waals surface area contributed by atoms with Crippen molar-refractivity contribution in [3.63, 3.8) is 0 Å². The van der Waals surface area contributed by atoms with E-state index in [9.17, 15) is 0 Å². The van der Waals surface area contributed by atoms with Crippen molar-refractivity contribution in [3.8, 4) is 0 Å². The summed E-state index contributed by atoms with van der Waals surface area (Å²) >= 11 is 0. The number of halogens is 1. The van der Waals surface area contributed by atoms with Gasteiger partial charge in [-0.05, 0) is 37.6 Å². The number of hydrogen-bond donors (Lipinski definition) is 2. The summed E-state index contributed by atoms with van der Waals surface area (Å²) in [4.78, 5) is 6.66. The van der Waals surface area contributed by atoms with E-state index in [-0.39, 0.29) is 30.0 Å². The summed E-state index contributed by atoms with van der Waals surface area (Å²) in [5.74, 6) is 2.45. The second-order valence-corrected chi connectivity index (χ2v) is 6.43. The van der Waals surface area contributed by atoms with Crippen LogP contribution in [0.3, 0.4) is 0 Å². The largest absolute Gasteiger partial charge is 0.468 e. The zero-order chi connectivity index (χ0) is 18.5. The van der Waals surface area contributed by atoms with Gasteiger partial charge < -0.3 is 19.8 Å². The molecule has 1 unspecified atom stereocenters. The highest BCUT2D eigenvalue weighted by atomic mass is 127. The zero-order valence-corrected chi connectivity index (χ0v) is 19.3. The first-order chi connectivity index (χ1) is 12.1. The number of hydrogen-bond acceptors (Lipinski definition) is 4. The molecule has 0 saturated carbocycles. The first-order valence-corrected chi connectivity index (χ1v) is 9.42. The van der Waals surface area contributed by atoms with Crippen LogP contribution >= 0.6 is 24.0 Å². The summed E-state index contributed by atoms with van der Waals surface area (Å²) in [5, 5.41) is 6.70. The Bertz CT molecular complexity index is 462. The van der Waals surface area contributed by atoms with Gasteiger partial charge >= 0.3 is 0 Å². The lowest BCUT2D eigenvalue weighted by molar-refractivity contribution is 0.128. The molecule has 1 aromatic rings. The fourth-order valence-electron chi connectivity index (χ4n) is 2.63. The van der Waals surface area contributed by atoms with E-state index < -0.39 is 0 Å². The zero-order valence-electron chi connectivity index (χ0n) is 17.0. The highest BCUT2D eigenvalue weighted by Crippen LogP contribution is 2.20. The number of guanidine groups is 1. The first kappa shape index (κ1) is 25.2. The van der Waals surface area contributed by atoms with Crippen LogP contribution < -0.4 is 10.6 Å². The minimum absolute atomic E-state index is 0. The molecule has 1 heterocycles. The Hall–Kier alpha value is -0.800. The molecule has 0 amide bonds. The Kier molecular flexibility index (Phi) is 14.8. The van der Waals surface area contributed by atoms with Gasteiger partial charge in [-0.15, -0.1) is 24.0 Å². The average Bonchev–Trinajstić information content (AvgIpc) is 3.13. The van der Waals surface area contributed by atoms with Crippen molar-refractivity contribution in [2.45, 2.75) is 40.2 Å². The quantitative estimate of drug-likeness (QED) is 0.208. The molecule has 0 saturated heterocycles. The number of aliphatic imine (C=N–C) groups is 1. The average molecular weight is 480 g/mol. The fourth-order valence-corrected chi connectivity index (χ4v) is 2.63. The molecule has 7 heteroatoms. The van der Waals surface area contributed by atoms with Gasteiger partial charge in [0, 0.05) is 26.7 Å². The summed E-state index contributed by atoms with van der Waals surface area (Å²) < 4.78 is 11.3. The molecule has 6 nitrogen and oxygen atoms in total. The molecule has 1 rings (SSSR count). The van der Waals surface area contributed by atoms with E-state index in [1.54, 1.807) is 13.3 Å². The summed E-state index contributed by atoms with van der Waals surface area (Å²) in [5.41, 5.74) is 0. The molecule has 0 aromatic carbocycles. The summed E-state index contributed by atoms with van der Waals surface area (Å²) in [6, 6.07) is 4.16. The SMILES string of the molecule is CCN(CC)C(CNC(=NC)NCCOCCC(C)C)c1ccco1.I. The van der Waals surface area contributed by atoms with Crippen LogP contribution in [0.1, 0.15) is 45.9 Å². The Labute approximate surface area is 176 Å². The maximum Gasteiger partial charge on any atom is 0.191 e. The van der Waals surface area contributed by atoms with Crippen molar-refractivity contribution < 1.29 is 9.15 Å². The van der Waals surface area contributed by atoms with Crippen molar-refractivity contribution in [2.75, 3.05) is 46.4 Å². The van der Waals surface area contributed by atoms with E-state index in [1.807, 2.05) is 12.1 Å². The molecule has 0 aliphatic heterocycles. The topological polar surface area (TPSA) is 62.0 Å². The summed E-state index contributed by atoms with van der Waals surface area (Å²) in [6.07, 6.45) is 2.83. The smallest absolute Gasteiger partial charge is 0.191 e.